The maximum Gasteiger partial charge on any atom is 0.0409 e. The van der Waals surface area contributed by atoms with E-state index in [1.807, 2.05) is 12.1 Å². The van der Waals surface area contributed by atoms with Crippen LogP contribution in [0.3, 0.4) is 0 Å². The first-order valence-corrected chi connectivity index (χ1v) is 6.72. The zero-order valence-electron chi connectivity index (χ0n) is 9.33. The maximum atomic E-state index is 5.97. The number of likely N-dealkylation sites (tertiary alicyclic amines) is 1. The van der Waals surface area contributed by atoms with Gasteiger partial charge in [0.1, 0.15) is 0 Å². The van der Waals surface area contributed by atoms with Crippen LogP contribution in [0.25, 0.3) is 0 Å². The molecule has 0 bridgehead atoms. The molecule has 1 heterocycles. The van der Waals surface area contributed by atoms with Crippen LogP contribution in [0.1, 0.15) is 18.4 Å². The molecule has 3 heteroatoms. The van der Waals surface area contributed by atoms with E-state index >= 15 is 0 Å². The van der Waals surface area contributed by atoms with Crippen molar-refractivity contribution in [2.24, 2.45) is 5.92 Å². The van der Waals surface area contributed by atoms with Crippen molar-refractivity contribution in [2.75, 3.05) is 19.0 Å². The third-order valence-corrected chi connectivity index (χ3v) is 3.64. The van der Waals surface area contributed by atoms with Gasteiger partial charge in [-0.2, -0.15) is 0 Å². The SMILES string of the molecule is ClCCC1CCN(Cc2cccc(Cl)c2)C1. The molecule has 1 aliphatic rings. The lowest BCUT2D eigenvalue weighted by atomic mass is 10.1. The lowest BCUT2D eigenvalue weighted by Gasteiger charge is -2.15. The average molecular weight is 258 g/mol. The summed E-state index contributed by atoms with van der Waals surface area (Å²) in [5.74, 6) is 1.58. The molecule has 1 unspecified atom stereocenters. The Morgan fingerprint density at radius 1 is 1.38 bits per heavy atom. The highest BCUT2D eigenvalue weighted by Crippen LogP contribution is 2.22. The van der Waals surface area contributed by atoms with E-state index in [0.29, 0.717) is 0 Å². The minimum atomic E-state index is 0.787. The van der Waals surface area contributed by atoms with Gasteiger partial charge in [-0.05, 0) is 43.0 Å². The highest BCUT2D eigenvalue weighted by Gasteiger charge is 2.21. The van der Waals surface area contributed by atoms with Gasteiger partial charge >= 0.3 is 0 Å². The van der Waals surface area contributed by atoms with Gasteiger partial charge < -0.3 is 0 Å². The molecule has 0 spiro atoms. The summed E-state index contributed by atoms with van der Waals surface area (Å²) in [6, 6.07) is 8.13. The van der Waals surface area contributed by atoms with Crippen LogP contribution < -0.4 is 0 Å². The fraction of sp³-hybridized carbons (Fsp3) is 0.538. The maximum absolute atomic E-state index is 5.97. The van der Waals surface area contributed by atoms with Crippen molar-refractivity contribution in [3.05, 3.63) is 34.9 Å². The summed E-state index contributed by atoms with van der Waals surface area (Å²) in [6.07, 6.45) is 2.43. The van der Waals surface area contributed by atoms with Crippen molar-refractivity contribution in [3.63, 3.8) is 0 Å². The van der Waals surface area contributed by atoms with Crippen molar-refractivity contribution in [1.82, 2.24) is 4.90 Å². The molecule has 0 amide bonds. The molecular weight excluding hydrogens is 241 g/mol. The topological polar surface area (TPSA) is 3.24 Å². The molecule has 0 saturated carbocycles. The van der Waals surface area contributed by atoms with Gasteiger partial charge in [-0.3, -0.25) is 4.90 Å². The number of benzene rings is 1. The lowest BCUT2D eigenvalue weighted by molar-refractivity contribution is 0.315. The van der Waals surface area contributed by atoms with E-state index in [4.69, 9.17) is 23.2 Å². The second kappa shape index (κ2) is 5.90. The Kier molecular flexibility index (Phi) is 4.51. The summed E-state index contributed by atoms with van der Waals surface area (Å²) >= 11 is 11.7. The Balaban J connectivity index is 1.87. The predicted molar refractivity (Wildman–Crippen MR) is 70.2 cm³/mol. The van der Waals surface area contributed by atoms with Crippen LogP contribution >= 0.6 is 23.2 Å². The van der Waals surface area contributed by atoms with Crippen molar-refractivity contribution >= 4 is 23.2 Å². The predicted octanol–water partition coefficient (Wildman–Crippen LogP) is 3.79. The number of nitrogens with zero attached hydrogens (tertiary/aromatic N) is 1. The van der Waals surface area contributed by atoms with Crippen LogP contribution in [0.15, 0.2) is 24.3 Å². The Labute approximate surface area is 107 Å². The van der Waals surface area contributed by atoms with E-state index < -0.39 is 0 Å². The summed E-state index contributed by atoms with van der Waals surface area (Å²) in [7, 11) is 0. The van der Waals surface area contributed by atoms with Gasteiger partial charge in [-0.15, -0.1) is 11.6 Å². The third-order valence-electron chi connectivity index (χ3n) is 3.18. The van der Waals surface area contributed by atoms with Gasteiger partial charge in [0.25, 0.3) is 0 Å². The smallest absolute Gasteiger partial charge is 0.0409 e. The van der Waals surface area contributed by atoms with Gasteiger partial charge in [0.2, 0.25) is 0 Å². The standard InChI is InChI=1S/C13H17Cl2N/c14-6-4-11-5-7-16(9-11)10-12-2-1-3-13(15)8-12/h1-3,8,11H,4-7,9-10H2. The van der Waals surface area contributed by atoms with E-state index in [2.05, 4.69) is 17.0 Å². The van der Waals surface area contributed by atoms with Gasteiger partial charge in [-0.25, -0.2) is 0 Å². The minimum absolute atomic E-state index is 0.787. The zero-order chi connectivity index (χ0) is 11.4. The number of hydrogen-bond acceptors (Lipinski definition) is 1. The van der Waals surface area contributed by atoms with E-state index in [1.165, 1.54) is 25.1 Å². The Bertz CT molecular complexity index is 340. The quantitative estimate of drug-likeness (QED) is 0.743. The number of rotatable bonds is 4. The molecule has 0 aromatic heterocycles. The molecule has 0 N–H and O–H groups in total. The summed E-state index contributed by atoms with van der Waals surface area (Å²) in [6.45, 7) is 3.38. The Morgan fingerprint density at radius 3 is 3.00 bits per heavy atom. The largest absolute Gasteiger partial charge is 0.299 e. The first kappa shape index (κ1) is 12.2. The minimum Gasteiger partial charge on any atom is -0.299 e. The molecule has 16 heavy (non-hydrogen) atoms. The molecule has 1 aliphatic heterocycles. The van der Waals surface area contributed by atoms with Crippen molar-refractivity contribution in [3.8, 4) is 0 Å². The highest BCUT2D eigenvalue weighted by atomic mass is 35.5. The molecule has 1 saturated heterocycles. The van der Waals surface area contributed by atoms with Crippen molar-refractivity contribution < 1.29 is 0 Å². The summed E-state index contributed by atoms with van der Waals surface area (Å²) in [5, 5.41) is 0.828. The van der Waals surface area contributed by atoms with Crippen molar-refractivity contribution in [2.45, 2.75) is 19.4 Å². The van der Waals surface area contributed by atoms with E-state index in [1.54, 1.807) is 0 Å². The summed E-state index contributed by atoms with van der Waals surface area (Å²) in [5.41, 5.74) is 1.30. The summed E-state index contributed by atoms with van der Waals surface area (Å²) in [4.78, 5) is 2.49. The Hall–Kier alpha value is -0.240. The van der Waals surface area contributed by atoms with Crippen LogP contribution in [0.2, 0.25) is 5.02 Å². The number of halogens is 2. The normalized spacial score (nSPS) is 21.5. The Morgan fingerprint density at radius 2 is 2.25 bits per heavy atom. The lowest BCUT2D eigenvalue weighted by Crippen LogP contribution is -2.20. The number of hydrogen-bond donors (Lipinski definition) is 0. The van der Waals surface area contributed by atoms with Crippen LogP contribution in [-0.4, -0.2) is 23.9 Å². The molecule has 1 fully saturated rings. The van der Waals surface area contributed by atoms with Crippen LogP contribution in [0.4, 0.5) is 0 Å². The van der Waals surface area contributed by atoms with Gasteiger partial charge in [-0.1, -0.05) is 23.7 Å². The third kappa shape index (κ3) is 3.38. The molecule has 1 atom stereocenters. The number of alkyl halides is 1. The van der Waals surface area contributed by atoms with E-state index in [-0.39, 0.29) is 0 Å². The summed E-state index contributed by atoms with van der Waals surface area (Å²) < 4.78 is 0. The van der Waals surface area contributed by atoms with Gasteiger partial charge in [0.05, 0.1) is 0 Å². The molecule has 1 aromatic carbocycles. The van der Waals surface area contributed by atoms with Crippen LogP contribution in [0.5, 0.6) is 0 Å². The van der Waals surface area contributed by atoms with E-state index in [0.717, 1.165) is 29.8 Å². The van der Waals surface area contributed by atoms with Gasteiger partial charge in [0, 0.05) is 24.0 Å². The fourth-order valence-corrected chi connectivity index (χ4v) is 2.86. The molecule has 0 radical (unpaired) electrons. The molecule has 0 aliphatic carbocycles. The first-order valence-electron chi connectivity index (χ1n) is 5.80. The highest BCUT2D eigenvalue weighted by molar-refractivity contribution is 6.30. The fourth-order valence-electron chi connectivity index (χ4n) is 2.34. The second-order valence-electron chi connectivity index (χ2n) is 4.50. The molecule has 2 rings (SSSR count). The van der Waals surface area contributed by atoms with Gasteiger partial charge in [0.15, 0.2) is 0 Å². The first-order chi connectivity index (χ1) is 7.78. The molecular formula is C13H17Cl2N. The molecule has 1 nitrogen and oxygen atoms in total. The van der Waals surface area contributed by atoms with Crippen molar-refractivity contribution in [1.29, 1.82) is 0 Å². The zero-order valence-corrected chi connectivity index (χ0v) is 10.8. The monoisotopic (exact) mass is 257 g/mol. The average Bonchev–Trinajstić information content (AvgIpc) is 2.66. The molecule has 1 aromatic rings. The molecule has 88 valence electrons. The van der Waals surface area contributed by atoms with Crippen LogP contribution in [0, 0.1) is 5.92 Å². The second-order valence-corrected chi connectivity index (χ2v) is 5.31. The van der Waals surface area contributed by atoms with E-state index in [9.17, 15) is 0 Å². The van der Waals surface area contributed by atoms with Crippen LogP contribution in [-0.2, 0) is 6.54 Å².